The monoisotopic (exact) mass is 284 g/mol. The van der Waals surface area contributed by atoms with Crippen molar-refractivity contribution in [3.8, 4) is 5.95 Å². The molecule has 0 saturated heterocycles. The van der Waals surface area contributed by atoms with Gasteiger partial charge in [-0.2, -0.15) is 0 Å². The van der Waals surface area contributed by atoms with Gasteiger partial charge >= 0.3 is 0 Å². The van der Waals surface area contributed by atoms with E-state index in [1.165, 1.54) is 16.5 Å². The number of imidazole rings is 1. The highest BCUT2D eigenvalue weighted by atomic mass is 15.2. The van der Waals surface area contributed by atoms with Crippen LogP contribution in [0.3, 0.4) is 0 Å². The van der Waals surface area contributed by atoms with Gasteiger partial charge in [0, 0.05) is 24.3 Å². The Labute approximate surface area is 127 Å². The molecule has 22 heavy (non-hydrogen) atoms. The molecule has 2 aromatic carbocycles. The van der Waals surface area contributed by atoms with Crippen molar-refractivity contribution in [2.45, 2.75) is 13.0 Å². The molecule has 4 heteroatoms. The third kappa shape index (κ3) is 1.33. The maximum absolute atomic E-state index is 7.38. The molecular formula is C18H12N4. The summed E-state index contributed by atoms with van der Waals surface area (Å²) in [5, 5.41) is 2.33. The van der Waals surface area contributed by atoms with E-state index in [1.807, 2.05) is 24.5 Å². The van der Waals surface area contributed by atoms with Crippen LogP contribution in [0.4, 0.5) is 5.69 Å². The average Bonchev–Trinajstić information content (AvgIpc) is 3.10. The van der Waals surface area contributed by atoms with Gasteiger partial charge in [-0.25, -0.2) is 9.83 Å². The molecule has 0 fully saturated rings. The molecule has 0 bridgehead atoms. The summed E-state index contributed by atoms with van der Waals surface area (Å²) in [6.07, 6.45) is 4.80. The molecule has 0 unspecified atom stereocenters. The molecule has 0 radical (unpaired) electrons. The Morgan fingerprint density at radius 3 is 2.95 bits per heavy atom. The summed E-state index contributed by atoms with van der Waals surface area (Å²) in [7, 11) is 0. The van der Waals surface area contributed by atoms with E-state index in [4.69, 9.17) is 6.57 Å². The molecule has 4 aromatic rings. The number of fused-ring (bicyclic) bond motifs is 5. The molecule has 0 aliphatic carbocycles. The van der Waals surface area contributed by atoms with E-state index >= 15 is 0 Å². The highest BCUT2D eigenvalue weighted by molar-refractivity contribution is 6.11. The second-order valence-corrected chi connectivity index (χ2v) is 5.64. The summed E-state index contributed by atoms with van der Waals surface area (Å²) >= 11 is 0. The molecule has 4 nitrogen and oxygen atoms in total. The summed E-state index contributed by atoms with van der Waals surface area (Å²) < 4.78 is 4.42. The largest absolute Gasteiger partial charge is 0.316 e. The number of hydrogen-bond donors (Lipinski definition) is 0. The fourth-order valence-electron chi connectivity index (χ4n) is 3.55. The van der Waals surface area contributed by atoms with Crippen LogP contribution in [0.2, 0.25) is 0 Å². The molecule has 1 aliphatic heterocycles. The molecule has 0 spiro atoms. The Kier molecular flexibility index (Phi) is 2.10. The fraction of sp³-hybridized carbons (Fsp3) is 0.111. The van der Waals surface area contributed by atoms with Gasteiger partial charge < -0.3 is 4.57 Å². The number of para-hydroxylation sites is 1. The lowest BCUT2D eigenvalue weighted by molar-refractivity contribution is 0.693. The van der Waals surface area contributed by atoms with Gasteiger partial charge in [-0.05, 0) is 29.5 Å². The van der Waals surface area contributed by atoms with Gasteiger partial charge in [0.15, 0.2) is 5.69 Å². The summed E-state index contributed by atoms with van der Waals surface area (Å²) in [4.78, 5) is 8.23. The van der Waals surface area contributed by atoms with Gasteiger partial charge in [-0.3, -0.25) is 4.57 Å². The highest BCUT2D eigenvalue weighted by Crippen LogP contribution is 2.37. The number of aryl methyl sites for hydroxylation is 2. The number of benzene rings is 2. The normalized spacial score (nSPS) is 13.0. The summed E-state index contributed by atoms with van der Waals surface area (Å²) in [5.41, 5.74) is 4.28. The van der Waals surface area contributed by atoms with Crippen LogP contribution in [-0.2, 0) is 13.0 Å². The minimum atomic E-state index is 0.713. The van der Waals surface area contributed by atoms with Gasteiger partial charge in [-0.1, -0.05) is 24.3 Å². The van der Waals surface area contributed by atoms with Crippen molar-refractivity contribution in [3.63, 3.8) is 0 Å². The Morgan fingerprint density at radius 2 is 2.05 bits per heavy atom. The van der Waals surface area contributed by atoms with E-state index in [0.717, 1.165) is 29.8 Å². The first-order valence-corrected chi connectivity index (χ1v) is 7.32. The smallest absolute Gasteiger partial charge is 0.214 e. The predicted molar refractivity (Wildman–Crippen MR) is 86.5 cm³/mol. The van der Waals surface area contributed by atoms with E-state index < -0.39 is 0 Å². The van der Waals surface area contributed by atoms with Gasteiger partial charge in [0.25, 0.3) is 0 Å². The lowest BCUT2D eigenvalue weighted by Gasteiger charge is -2.06. The molecule has 104 valence electrons. The van der Waals surface area contributed by atoms with Gasteiger partial charge in [0.1, 0.15) is 0 Å². The molecule has 0 saturated carbocycles. The van der Waals surface area contributed by atoms with Crippen LogP contribution in [0.1, 0.15) is 5.56 Å². The molecule has 0 atom stereocenters. The number of hydrogen-bond acceptors (Lipinski definition) is 1. The van der Waals surface area contributed by atoms with E-state index in [0.29, 0.717) is 5.69 Å². The zero-order valence-electron chi connectivity index (χ0n) is 11.8. The van der Waals surface area contributed by atoms with Gasteiger partial charge in [-0.15, -0.1) is 0 Å². The van der Waals surface area contributed by atoms with Crippen molar-refractivity contribution in [1.29, 1.82) is 0 Å². The molecule has 0 N–H and O–H groups in total. The first-order chi connectivity index (χ1) is 10.9. The summed E-state index contributed by atoms with van der Waals surface area (Å²) in [6, 6.07) is 12.4. The Morgan fingerprint density at radius 1 is 1.14 bits per heavy atom. The van der Waals surface area contributed by atoms with Crippen LogP contribution < -0.4 is 0 Å². The molecule has 3 heterocycles. The number of aromatic nitrogens is 3. The minimum absolute atomic E-state index is 0.713. The van der Waals surface area contributed by atoms with Crippen LogP contribution >= 0.6 is 0 Å². The van der Waals surface area contributed by atoms with E-state index in [2.05, 4.69) is 43.2 Å². The van der Waals surface area contributed by atoms with Crippen LogP contribution in [0.25, 0.3) is 32.6 Å². The van der Waals surface area contributed by atoms with Crippen molar-refractivity contribution >= 4 is 27.5 Å². The average molecular weight is 284 g/mol. The molecule has 2 aromatic heterocycles. The predicted octanol–water partition coefficient (Wildman–Crippen LogP) is 4.09. The minimum Gasteiger partial charge on any atom is -0.316 e. The zero-order valence-corrected chi connectivity index (χ0v) is 11.8. The third-order valence-electron chi connectivity index (χ3n) is 4.48. The zero-order chi connectivity index (χ0) is 14.7. The van der Waals surface area contributed by atoms with E-state index in [9.17, 15) is 0 Å². The lowest BCUT2D eigenvalue weighted by atomic mass is 10.1. The van der Waals surface area contributed by atoms with Crippen LogP contribution in [0.5, 0.6) is 0 Å². The van der Waals surface area contributed by atoms with Crippen molar-refractivity contribution in [1.82, 2.24) is 14.1 Å². The van der Waals surface area contributed by atoms with Crippen molar-refractivity contribution in [3.05, 3.63) is 65.8 Å². The van der Waals surface area contributed by atoms with Gasteiger partial charge in [0.05, 0.1) is 17.6 Å². The van der Waals surface area contributed by atoms with Crippen molar-refractivity contribution in [2.24, 2.45) is 0 Å². The molecule has 5 rings (SSSR count). The van der Waals surface area contributed by atoms with Gasteiger partial charge in [0.2, 0.25) is 5.95 Å². The molecule has 0 amide bonds. The fourth-order valence-corrected chi connectivity index (χ4v) is 3.55. The Balaban J connectivity index is 2.09. The number of nitrogens with zero attached hydrogens (tertiary/aromatic N) is 4. The first-order valence-electron chi connectivity index (χ1n) is 7.32. The Bertz CT molecular complexity index is 1090. The summed E-state index contributed by atoms with van der Waals surface area (Å²) in [5.74, 6) is 0.959. The van der Waals surface area contributed by atoms with Crippen LogP contribution in [0, 0.1) is 6.57 Å². The second kappa shape index (κ2) is 3.99. The van der Waals surface area contributed by atoms with Crippen LogP contribution in [0.15, 0.2) is 48.8 Å². The van der Waals surface area contributed by atoms with Crippen molar-refractivity contribution in [2.75, 3.05) is 0 Å². The Hall–Kier alpha value is -3.06. The standard InChI is InChI=1S/C18H12N4/c1-19-13-10-12-6-8-21-9-7-20-18(21)22-16-5-3-2-4-14(16)15(11-13)17(12)22/h2-5,7,9-11H,6,8H2. The molecular weight excluding hydrogens is 272 g/mol. The van der Waals surface area contributed by atoms with E-state index in [-0.39, 0.29) is 0 Å². The molecule has 1 aliphatic rings. The van der Waals surface area contributed by atoms with Crippen LogP contribution in [-0.4, -0.2) is 14.1 Å². The SMILES string of the molecule is [C-]#[N+]c1cc2c3c(c1)c1ccccc1n3-c1nccn1CC2. The number of rotatable bonds is 0. The second-order valence-electron chi connectivity index (χ2n) is 5.64. The lowest BCUT2D eigenvalue weighted by Crippen LogP contribution is -2.03. The van der Waals surface area contributed by atoms with Crippen molar-refractivity contribution < 1.29 is 0 Å². The highest BCUT2D eigenvalue weighted by Gasteiger charge is 2.21. The quantitative estimate of drug-likeness (QED) is 0.447. The third-order valence-corrected chi connectivity index (χ3v) is 4.48. The summed E-state index contributed by atoms with van der Waals surface area (Å²) in [6.45, 7) is 8.27. The maximum Gasteiger partial charge on any atom is 0.214 e. The first kappa shape index (κ1) is 11.6. The maximum atomic E-state index is 7.38. The van der Waals surface area contributed by atoms with E-state index in [1.54, 1.807) is 0 Å². The topological polar surface area (TPSA) is 27.1 Å².